The highest BCUT2D eigenvalue weighted by Crippen LogP contribution is 2.48. The first-order valence-corrected chi connectivity index (χ1v) is 26.3. The Kier molecular flexibility index (Phi) is 16.4. The van der Waals surface area contributed by atoms with E-state index in [4.69, 9.17) is 56.8 Å². The van der Waals surface area contributed by atoms with Gasteiger partial charge in [-0.25, -0.2) is 43.2 Å². The van der Waals surface area contributed by atoms with E-state index in [1.54, 1.807) is 20.8 Å². The van der Waals surface area contributed by atoms with Gasteiger partial charge in [0.25, 0.3) is 52.6 Å². The van der Waals surface area contributed by atoms with Gasteiger partial charge in [0.2, 0.25) is 0 Å². The number of aliphatic hydroxyl groups excluding tert-OH is 3. The van der Waals surface area contributed by atoms with E-state index in [0.717, 1.165) is 6.08 Å². The molecule has 1 unspecified atom stereocenters. The molecule has 0 bridgehead atoms. The summed E-state index contributed by atoms with van der Waals surface area (Å²) in [6.07, 6.45) is 16.1. The van der Waals surface area contributed by atoms with Gasteiger partial charge in [-0.2, -0.15) is 0 Å². The number of allylic oxidation sites excluding steroid dienone is 12. The molecule has 1 atom stereocenters. The van der Waals surface area contributed by atoms with Crippen molar-refractivity contribution >= 4 is 53.7 Å². The third-order valence-corrected chi connectivity index (χ3v) is 14.2. The molecule has 3 saturated heterocycles. The molecule has 0 aromatic heterocycles. The Bertz CT molecular complexity index is 3110. The lowest BCUT2D eigenvalue weighted by molar-refractivity contribution is -0.297. The van der Waals surface area contributed by atoms with Crippen molar-refractivity contribution in [2.24, 2.45) is 0 Å². The van der Waals surface area contributed by atoms with Crippen molar-refractivity contribution in [1.29, 1.82) is 0 Å². The van der Waals surface area contributed by atoms with Gasteiger partial charge in [0, 0.05) is 78.1 Å². The van der Waals surface area contributed by atoms with Gasteiger partial charge >= 0.3 is 53.7 Å². The minimum atomic E-state index is -1.74. The summed E-state index contributed by atoms with van der Waals surface area (Å²) in [5, 5.41) is 32.0. The molecule has 2 saturated carbocycles. The van der Waals surface area contributed by atoms with Crippen LogP contribution in [0, 0.1) is 0 Å². The maximum Gasteiger partial charge on any atom is 0.348 e. The first-order chi connectivity index (χ1) is 38.7. The molecular weight excluding hydrogens is 1080 g/mol. The third-order valence-electron chi connectivity index (χ3n) is 14.2. The summed E-state index contributed by atoms with van der Waals surface area (Å²) in [5.41, 5.74) is -0.929. The van der Waals surface area contributed by atoms with Crippen LogP contribution < -0.4 is 0 Å². The molecule has 82 heavy (non-hydrogen) atoms. The molecule has 24 heteroatoms. The van der Waals surface area contributed by atoms with Crippen LogP contribution in [0.1, 0.15) is 126 Å². The van der Waals surface area contributed by atoms with E-state index in [9.17, 15) is 58.5 Å². The van der Waals surface area contributed by atoms with Crippen LogP contribution in [0.25, 0.3) is 0 Å². The Hall–Kier alpha value is -9.09. The third kappa shape index (κ3) is 12.7. The molecule has 0 aromatic rings. The second-order valence-electron chi connectivity index (χ2n) is 20.9. The van der Waals surface area contributed by atoms with Crippen LogP contribution in [0.3, 0.4) is 0 Å². The molecule has 2 aliphatic carbocycles. The maximum absolute atomic E-state index is 13.3. The van der Waals surface area contributed by atoms with Crippen molar-refractivity contribution in [2.45, 2.75) is 160 Å². The second kappa shape index (κ2) is 22.8. The van der Waals surface area contributed by atoms with E-state index in [1.807, 2.05) is 13.8 Å². The normalized spacial score (nSPS) is 31.1. The van der Waals surface area contributed by atoms with Crippen LogP contribution in [0.5, 0.6) is 0 Å². The average Bonchev–Trinajstić information content (AvgIpc) is 3.49. The van der Waals surface area contributed by atoms with Gasteiger partial charge in [-0.3, -0.25) is 0 Å². The predicted molar refractivity (Wildman–Crippen MR) is 274 cm³/mol. The van der Waals surface area contributed by atoms with E-state index >= 15 is 0 Å². The molecule has 24 nitrogen and oxygen atoms in total. The van der Waals surface area contributed by atoms with Crippen molar-refractivity contribution in [2.75, 3.05) is 0 Å². The second-order valence-corrected chi connectivity index (χ2v) is 20.9. The molecule has 6 heterocycles. The van der Waals surface area contributed by atoms with Crippen LogP contribution in [0.15, 0.2) is 141 Å². The first kappa shape index (κ1) is 59.0. The quantitative estimate of drug-likeness (QED) is 0.0526. The molecule has 8 aliphatic rings. The van der Waals surface area contributed by atoms with E-state index in [0.29, 0.717) is 42.4 Å². The summed E-state index contributed by atoms with van der Waals surface area (Å²) < 4.78 is 66.3. The van der Waals surface area contributed by atoms with Crippen molar-refractivity contribution in [3.05, 3.63) is 141 Å². The molecule has 0 amide bonds. The summed E-state index contributed by atoms with van der Waals surface area (Å²) in [5.74, 6) is -20.1. The lowest BCUT2D eigenvalue weighted by atomic mass is 9.87. The highest BCUT2D eigenvalue weighted by molar-refractivity contribution is 6.17. The number of ether oxygens (including phenoxy) is 12. The number of carbonyl (C=O) groups is 9. The smallest absolute Gasteiger partial charge is 0.348 e. The zero-order valence-electron chi connectivity index (χ0n) is 45.8. The largest absolute Gasteiger partial charge is 0.480 e. The number of cyclic esters (lactones) is 3. The van der Waals surface area contributed by atoms with Crippen molar-refractivity contribution < 1.29 is 115 Å². The maximum atomic E-state index is 13.3. The molecule has 8 rings (SSSR count). The SMILES string of the molecule is CCCC1(C)OC(=O)C(=CC=C(C)C=CC2=C(O)OC3(CCC4(CC3)OC(=O)C(=CC=C(C)C=CC3=C(O)OC5(CCC6(CC5)OC(=O)C(=CC=C(C)C=CC5=C(O)OC(C)(CCC)OC5=O)C(=O)O6)OC3=O)C(=O)O4)OC2=O)C(=O)O1. The van der Waals surface area contributed by atoms with E-state index in [1.165, 1.54) is 80.7 Å². The Balaban J connectivity index is 0.812. The molecule has 6 aliphatic heterocycles. The molecule has 0 aromatic carbocycles. The van der Waals surface area contributed by atoms with Gasteiger partial charge in [0.05, 0.1) is 0 Å². The number of hydrogen-bond acceptors (Lipinski definition) is 24. The number of carbonyl (C=O) groups excluding carboxylic acids is 9. The topological polar surface area (TPSA) is 325 Å². The van der Waals surface area contributed by atoms with Gasteiger partial charge in [0.15, 0.2) is 0 Å². The van der Waals surface area contributed by atoms with E-state index < -0.39 is 117 Å². The number of esters is 9. The van der Waals surface area contributed by atoms with Gasteiger partial charge in [-0.15, -0.1) is 0 Å². The van der Waals surface area contributed by atoms with E-state index in [-0.39, 0.29) is 73.7 Å². The van der Waals surface area contributed by atoms with Gasteiger partial charge < -0.3 is 72.2 Å². The molecule has 3 N–H and O–H groups in total. The van der Waals surface area contributed by atoms with Crippen molar-refractivity contribution in [1.82, 2.24) is 0 Å². The molecular formula is C58H60O24. The number of rotatable bonds is 13. The summed E-state index contributed by atoms with van der Waals surface area (Å²) in [6, 6.07) is 0. The first-order valence-electron chi connectivity index (χ1n) is 26.3. The van der Waals surface area contributed by atoms with Gasteiger partial charge in [-0.05, 0) is 70.1 Å². The van der Waals surface area contributed by atoms with Gasteiger partial charge in [0.1, 0.15) is 33.4 Å². The fourth-order valence-electron chi connectivity index (χ4n) is 9.69. The molecule has 0 radical (unpaired) electrons. The van der Waals surface area contributed by atoms with Gasteiger partial charge in [-0.1, -0.05) is 67.0 Å². The van der Waals surface area contributed by atoms with Crippen molar-refractivity contribution in [3.63, 3.8) is 0 Å². The predicted octanol–water partition coefficient (Wildman–Crippen LogP) is 7.57. The zero-order chi connectivity index (χ0) is 59.6. The Labute approximate surface area is 468 Å². The summed E-state index contributed by atoms with van der Waals surface area (Å²) in [6.45, 7) is 11.5. The minimum Gasteiger partial charge on any atom is -0.480 e. The number of hydrogen-bond donors (Lipinski definition) is 3. The van der Waals surface area contributed by atoms with Crippen LogP contribution in [-0.2, 0) is 100.0 Å². The Morgan fingerprint density at radius 2 is 0.598 bits per heavy atom. The van der Waals surface area contributed by atoms with Crippen LogP contribution >= 0.6 is 0 Å². The van der Waals surface area contributed by atoms with Crippen LogP contribution in [0.2, 0.25) is 0 Å². The Morgan fingerprint density at radius 3 is 0.878 bits per heavy atom. The summed E-state index contributed by atoms with van der Waals surface area (Å²) in [4.78, 5) is 117. The lowest BCUT2D eigenvalue weighted by Gasteiger charge is -2.46. The molecule has 4 spiro atoms. The van der Waals surface area contributed by atoms with Crippen LogP contribution in [0.4, 0.5) is 0 Å². The fourth-order valence-corrected chi connectivity index (χ4v) is 9.69. The highest BCUT2D eigenvalue weighted by atomic mass is 16.8. The number of aliphatic hydroxyl groups is 3. The minimum absolute atomic E-state index is 0.161. The molecule has 5 fully saturated rings. The fraction of sp³-hybridized carbons (Fsp3) is 0.431. The summed E-state index contributed by atoms with van der Waals surface area (Å²) >= 11 is 0. The van der Waals surface area contributed by atoms with Crippen molar-refractivity contribution in [3.8, 4) is 0 Å². The summed E-state index contributed by atoms with van der Waals surface area (Å²) in [7, 11) is 0. The monoisotopic (exact) mass is 1140 g/mol. The highest BCUT2D eigenvalue weighted by Gasteiger charge is 2.58. The Morgan fingerprint density at radius 1 is 0.366 bits per heavy atom. The van der Waals surface area contributed by atoms with E-state index in [2.05, 4.69) is 0 Å². The van der Waals surface area contributed by atoms with Crippen LogP contribution in [-0.4, -0.2) is 104 Å². The lowest BCUT2D eigenvalue weighted by Crippen LogP contribution is -2.54. The standard InChI is InChI=1S/C58H60O24/c1-8-22-53(6)71-41(59)35(42(60)72-53)16-10-32(3)12-18-37-45(63)75-55(76-46(37)64)24-28-57(29-25-55)79-49(67)39(50(68)80-57)20-14-34(5)15-21-40-51(69)81-58(82-52(40)70)30-26-56(27-31-58)77-47(65)38(48(66)78-56)19-13-33(4)11-17-36-43(61)73-54(7,23-9-2)74-44(36)62/h10-21,59,65,67H,8-9,22-31H2,1-7H3. The molecule has 436 valence electrons. The zero-order valence-corrected chi connectivity index (χ0v) is 45.8. The average molecular weight is 1140 g/mol.